The summed E-state index contributed by atoms with van der Waals surface area (Å²) in [6.07, 6.45) is 2.93. The Balaban J connectivity index is 1.39. The Morgan fingerprint density at radius 2 is 1.93 bits per heavy atom. The van der Waals surface area contributed by atoms with Crippen LogP contribution in [0.15, 0.2) is 30.5 Å². The molecule has 0 saturated carbocycles. The van der Waals surface area contributed by atoms with Crippen LogP contribution in [0.4, 0.5) is 16.2 Å². The summed E-state index contributed by atoms with van der Waals surface area (Å²) < 4.78 is 1.80. The monoisotopic (exact) mass is 382 g/mol. The fraction of sp³-hybridized carbons (Fsp3) is 0.450. The summed E-state index contributed by atoms with van der Waals surface area (Å²) >= 11 is 0. The topological polar surface area (TPSA) is 91.3 Å². The molecule has 1 atom stereocenters. The van der Waals surface area contributed by atoms with Crippen LogP contribution in [-0.4, -0.2) is 45.2 Å². The Labute approximate surface area is 164 Å². The van der Waals surface area contributed by atoms with Crippen LogP contribution in [0.25, 0.3) is 0 Å². The van der Waals surface area contributed by atoms with Gasteiger partial charge in [0.15, 0.2) is 0 Å². The summed E-state index contributed by atoms with van der Waals surface area (Å²) in [5, 5.41) is 13.7. The molecule has 148 valence electrons. The molecule has 0 radical (unpaired) electrons. The zero-order chi connectivity index (χ0) is 19.9. The Morgan fingerprint density at radius 3 is 2.57 bits per heavy atom. The molecule has 28 heavy (non-hydrogen) atoms. The molecule has 2 aromatic rings. The van der Waals surface area contributed by atoms with Crippen molar-refractivity contribution < 1.29 is 9.59 Å². The first-order valence-corrected chi connectivity index (χ1v) is 9.62. The molecule has 2 aliphatic heterocycles. The van der Waals surface area contributed by atoms with Gasteiger partial charge in [0.1, 0.15) is 5.54 Å². The van der Waals surface area contributed by atoms with Crippen LogP contribution in [-0.2, 0) is 11.8 Å². The standard InChI is InChI=1S/C20H26N6O2/c1-13(15-12-21-25(3)14(15)2)22-19(28)26-10-8-20(9-11-26)18(27)23-16-6-4-5-7-17(16)24-20/h4-7,12-13,24H,8-11H2,1-3H3,(H,22,28)(H,23,27). The van der Waals surface area contributed by atoms with E-state index in [1.807, 2.05) is 45.2 Å². The predicted octanol–water partition coefficient (Wildman–Crippen LogP) is 2.40. The molecule has 8 heteroatoms. The second-order valence-corrected chi connectivity index (χ2v) is 7.67. The lowest BCUT2D eigenvalue weighted by Crippen LogP contribution is -2.60. The van der Waals surface area contributed by atoms with E-state index in [1.54, 1.807) is 15.8 Å². The third-order valence-electron chi connectivity index (χ3n) is 5.97. The number of aromatic nitrogens is 2. The maximum absolute atomic E-state index is 12.7. The van der Waals surface area contributed by atoms with Crippen LogP contribution < -0.4 is 16.0 Å². The molecule has 0 aliphatic carbocycles. The molecule has 1 saturated heterocycles. The predicted molar refractivity (Wildman–Crippen MR) is 107 cm³/mol. The van der Waals surface area contributed by atoms with Crippen LogP contribution in [0.3, 0.4) is 0 Å². The average molecular weight is 382 g/mol. The Hall–Kier alpha value is -3.03. The lowest BCUT2D eigenvalue weighted by atomic mass is 9.84. The van der Waals surface area contributed by atoms with E-state index >= 15 is 0 Å². The molecule has 3 amide bonds. The number of carbonyl (C=O) groups is 2. The number of benzene rings is 1. The van der Waals surface area contributed by atoms with Crippen molar-refractivity contribution in [1.29, 1.82) is 0 Å². The molecule has 1 aromatic carbocycles. The number of hydrogen-bond donors (Lipinski definition) is 3. The number of piperidine rings is 1. The number of urea groups is 1. The molecule has 8 nitrogen and oxygen atoms in total. The lowest BCUT2D eigenvalue weighted by Gasteiger charge is -2.44. The maximum atomic E-state index is 12.7. The number of fused-ring (bicyclic) bond motifs is 1. The second kappa shape index (κ2) is 6.85. The Morgan fingerprint density at radius 1 is 1.25 bits per heavy atom. The number of amides is 3. The Bertz CT molecular complexity index is 913. The molecule has 1 unspecified atom stereocenters. The van der Waals surface area contributed by atoms with E-state index in [1.165, 1.54) is 0 Å². The van der Waals surface area contributed by atoms with Gasteiger partial charge in [0.25, 0.3) is 0 Å². The minimum absolute atomic E-state index is 0.0226. The van der Waals surface area contributed by atoms with Gasteiger partial charge in [0.05, 0.1) is 23.6 Å². The fourth-order valence-corrected chi connectivity index (χ4v) is 4.00. The zero-order valence-corrected chi connectivity index (χ0v) is 16.5. The van der Waals surface area contributed by atoms with Gasteiger partial charge in [-0.05, 0) is 38.8 Å². The number of para-hydroxylation sites is 2. The highest BCUT2D eigenvalue weighted by Crippen LogP contribution is 2.36. The highest BCUT2D eigenvalue weighted by molar-refractivity contribution is 6.06. The third-order valence-corrected chi connectivity index (χ3v) is 5.97. The highest BCUT2D eigenvalue weighted by Gasteiger charge is 2.45. The van der Waals surface area contributed by atoms with E-state index in [0.29, 0.717) is 25.9 Å². The molecule has 0 bridgehead atoms. The smallest absolute Gasteiger partial charge is 0.317 e. The van der Waals surface area contributed by atoms with Gasteiger partial charge >= 0.3 is 6.03 Å². The van der Waals surface area contributed by atoms with Gasteiger partial charge in [0, 0.05) is 31.4 Å². The van der Waals surface area contributed by atoms with E-state index in [4.69, 9.17) is 0 Å². The summed E-state index contributed by atoms with van der Waals surface area (Å²) in [7, 11) is 1.89. The SMILES string of the molecule is Cc1c(C(C)NC(=O)N2CCC3(CC2)Nc2ccccc2NC3=O)cnn1C. The first-order chi connectivity index (χ1) is 13.4. The van der Waals surface area contributed by atoms with E-state index in [2.05, 4.69) is 21.0 Å². The van der Waals surface area contributed by atoms with Gasteiger partial charge in [-0.3, -0.25) is 9.48 Å². The van der Waals surface area contributed by atoms with Crippen molar-refractivity contribution in [2.45, 2.75) is 38.3 Å². The molecular formula is C20H26N6O2. The fourth-order valence-electron chi connectivity index (χ4n) is 4.00. The number of nitrogens with one attached hydrogen (secondary N) is 3. The molecule has 2 aliphatic rings. The minimum Gasteiger partial charge on any atom is -0.369 e. The van der Waals surface area contributed by atoms with E-state index in [0.717, 1.165) is 22.6 Å². The molecule has 1 aromatic heterocycles. The van der Waals surface area contributed by atoms with Gasteiger partial charge in [0.2, 0.25) is 5.91 Å². The van der Waals surface area contributed by atoms with Crippen LogP contribution in [0, 0.1) is 6.92 Å². The average Bonchev–Trinajstić information content (AvgIpc) is 3.02. The lowest BCUT2D eigenvalue weighted by molar-refractivity contribution is -0.121. The summed E-state index contributed by atoms with van der Waals surface area (Å²) in [4.78, 5) is 27.2. The summed E-state index contributed by atoms with van der Waals surface area (Å²) in [5.74, 6) is -0.0226. The van der Waals surface area contributed by atoms with Gasteiger partial charge < -0.3 is 20.9 Å². The first kappa shape index (κ1) is 18.3. The van der Waals surface area contributed by atoms with Gasteiger partial charge in [-0.25, -0.2) is 4.79 Å². The van der Waals surface area contributed by atoms with Crippen molar-refractivity contribution in [3.63, 3.8) is 0 Å². The number of hydrogen-bond acceptors (Lipinski definition) is 4. The van der Waals surface area contributed by atoms with E-state index in [9.17, 15) is 9.59 Å². The molecule has 3 N–H and O–H groups in total. The second-order valence-electron chi connectivity index (χ2n) is 7.67. The molecule has 1 spiro atoms. The zero-order valence-electron chi connectivity index (χ0n) is 16.5. The van der Waals surface area contributed by atoms with E-state index < -0.39 is 5.54 Å². The van der Waals surface area contributed by atoms with Crippen molar-refractivity contribution >= 4 is 23.3 Å². The number of nitrogens with zero attached hydrogens (tertiary/aromatic N) is 3. The first-order valence-electron chi connectivity index (χ1n) is 9.62. The van der Waals surface area contributed by atoms with Crippen LogP contribution >= 0.6 is 0 Å². The van der Waals surface area contributed by atoms with Gasteiger partial charge in [-0.2, -0.15) is 5.10 Å². The minimum atomic E-state index is -0.656. The Kier molecular flexibility index (Phi) is 4.49. The number of aryl methyl sites for hydroxylation is 1. The van der Waals surface area contributed by atoms with Crippen molar-refractivity contribution in [2.75, 3.05) is 23.7 Å². The van der Waals surface area contributed by atoms with Gasteiger partial charge in [-0.1, -0.05) is 12.1 Å². The van der Waals surface area contributed by atoms with Crippen LogP contribution in [0.2, 0.25) is 0 Å². The van der Waals surface area contributed by atoms with Crippen molar-refractivity contribution in [1.82, 2.24) is 20.0 Å². The summed E-state index contributed by atoms with van der Waals surface area (Å²) in [6.45, 7) is 4.99. The quantitative estimate of drug-likeness (QED) is 0.744. The molecule has 1 fully saturated rings. The summed E-state index contributed by atoms with van der Waals surface area (Å²) in [6, 6.07) is 7.46. The highest BCUT2D eigenvalue weighted by atomic mass is 16.2. The number of rotatable bonds is 2. The molecule has 3 heterocycles. The maximum Gasteiger partial charge on any atom is 0.317 e. The van der Waals surface area contributed by atoms with Crippen LogP contribution in [0.1, 0.15) is 37.1 Å². The largest absolute Gasteiger partial charge is 0.369 e. The van der Waals surface area contributed by atoms with Crippen LogP contribution in [0.5, 0.6) is 0 Å². The normalized spacial score (nSPS) is 18.8. The van der Waals surface area contributed by atoms with E-state index in [-0.39, 0.29) is 18.0 Å². The molecular weight excluding hydrogens is 356 g/mol. The molecule has 4 rings (SSSR count). The third kappa shape index (κ3) is 3.08. The number of likely N-dealkylation sites (tertiary alicyclic amines) is 1. The summed E-state index contributed by atoms with van der Waals surface area (Å²) in [5.41, 5.74) is 3.12. The number of carbonyl (C=O) groups excluding carboxylic acids is 2. The van der Waals surface area contributed by atoms with Crippen molar-refractivity contribution in [3.05, 3.63) is 41.7 Å². The van der Waals surface area contributed by atoms with Crippen molar-refractivity contribution in [2.24, 2.45) is 7.05 Å². The van der Waals surface area contributed by atoms with Gasteiger partial charge in [-0.15, -0.1) is 0 Å². The number of anilines is 2. The van der Waals surface area contributed by atoms with Crippen molar-refractivity contribution in [3.8, 4) is 0 Å².